The van der Waals surface area contributed by atoms with Gasteiger partial charge in [0, 0.05) is 0 Å². The molecule has 2 unspecified atom stereocenters. The molecule has 0 amide bonds. The number of alkyl halides is 1. The molecule has 2 atom stereocenters. The van der Waals surface area contributed by atoms with Crippen LogP contribution in [0.5, 0.6) is 0 Å². The lowest BCUT2D eigenvalue weighted by molar-refractivity contribution is 0.497. The molecule has 2 rings (SSSR count). The summed E-state index contributed by atoms with van der Waals surface area (Å²) in [6, 6.07) is 12.6. The molecule has 0 aliphatic heterocycles. The summed E-state index contributed by atoms with van der Waals surface area (Å²) in [5, 5.41) is 0. The van der Waals surface area contributed by atoms with Gasteiger partial charge in [0.2, 0.25) is 0 Å². The average molecular weight is 372 g/mol. The first-order chi connectivity index (χ1) is 8.61. The third kappa shape index (κ3) is 3.07. The summed E-state index contributed by atoms with van der Waals surface area (Å²) >= 11 is 7.00. The molecule has 0 saturated heterocycles. The zero-order valence-electron chi connectivity index (χ0n) is 10.5. The van der Waals surface area contributed by atoms with Gasteiger partial charge in [-0.2, -0.15) is 0 Å². The summed E-state index contributed by atoms with van der Waals surface area (Å²) in [6.07, 6.45) is 1.17. The summed E-state index contributed by atoms with van der Waals surface area (Å²) in [4.78, 5) is 0.106. The van der Waals surface area contributed by atoms with Gasteiger partial charge in [-0.05, 0) is 51.5 Å². The molecular weight excluding hydrogens is 356 g/mol. The van der Waals surface area contributed by atoms with E-state index in [1.54, 1.807) is 0 Å². The maximum Gasteiger partial charge on any atom is 0.169 e. The van der Waals surface area contributed by atoms with Crippen LogP contribution in [0.4, 0.5) is 0 Å². The van der Waals surface area contributed by atoms with Gasteiger partial charge in [-0.3, -0.25) is 0 Å². The Labute approximate surface area is 125 Å². The van der Waals surface area contributed by atoms with Crippen LogP contribution < -0.4 is 0 Å². The summed E-state index contributed by atoms with van der Waals surface area (Å²) in [6.45, 7) is 4.47. The largest absolute Gasteiger partial charge is 0.453 e. The van der Waals surface area contributed by atoms with Crippen molar-refractivity contribution in [2.24, 2.45) is 0 Å². The van der Waals surface area contributed by atoms with Crippen LogP contribution in [0.3, 0.4) is 0 Å². The van der Waals surface area contributed by atoms with Gasteiger partial charge in [0.1, 0.15) is 5.76 Å². The highest BCUT2D eigenvalue weighted by Gasteiger charge is 2.14. The quantitative estimate of drug-likeness (QED) is 0.597. The smallest absolute Gasteiger partial charge is 0.169 e. The molecule has 18 heavy (non-hydrogen) atoms. The van der Waals surface area contributed by atoms with Crippen molar-refractivity contribution < 1.29 is 4.42 Å². The zero-order chi connectivity index (χ0) is 13.1. The number of hydrogen-bond acceptors (Lipinski definition) is 1. The Morgan fingerprint density at radius 2 is 1.67 bits per heavy atom. The van der Waals surface area contributed by atoms with Crippen molar-refractivity contribution >= 4 is 31.9 Å². The molecule has 0 N–H and O–H groups in total. The number of furan rings is 1. The van der Waals surface area contributed by atoms with Crippen molar-refractivity contribution in [2.45, 2.75) is 31.0 Å². The van der Waals surface area contributed by atoms with E-state index in [4.69, 9.17) is 4.42 Å². The lowest BCUT2D eigenvalue weighted by Gasteiger charge is -2.12. The highest BCUT2D eigenvalue weighted by atomic mass is 79.9. The molecule has 2 aromatic rings. The van der Waals surface area contributed by atoms with Crippen LogP contribution in [0.2, 0.25) is 0 Å². The predicted molar refractivity (Wildman–Crippen MR) is 82.3 cm³/mol. The first-order valence-electron chi connectivity index (χ1n) is 6.11. The summed E-state index contributed by atoms with van der Waals surface area (Å²) in [5.74, 6) is 1.53. The fraction of sp³-hybridized carbons (Fsp3) is 0.333. The number of hydrogen-bond donors (Lipinski definition) is 0. The fourth-order valence-corrected chi connectivity index (χ4v) is 2.73. The molecule has 0 spiro atoms. The molecule has 0 saturated carbocycles. The van der Waals surface area contributed by atoms with Gasteiger partial charge in [-0.25, -0.2) is 0 Å². The maximum atomic E-state index is 5.57. The second-order valence-corrected chi connectivity index (χ2v) is 6.18. The van der Waals surface area contributed by atoms with Crippen LogP contribution in [0.25, 0.3) is 0 Å². The van der Waals surface area contributed by atoms with Crippen molar-refractivity contribution in [3.8, 4) is 0 Å². The topological polar surface area (TPSA) is 13.1 Å². The molecule has 0 aliphatic carbocycles. The molecule has 1 aromatic heterocycles. The molecule has 0 aliphatic rings. The second kappa shape index (κ2) is 6.07. The van der Waals surface area contributed by atoms with Crippen LogP contribution in [-0.4, -0.2) is 0 Å². The van der Waals surface area contributed by atoms with E-state index in [1.165, 1.54) is 17.5 Å². The third-order valence-electron chi connectivity index (χ3n) is 3.25. The van der Waals surface area contributed by atoms with Crippen molar-refractivity contribution in [2.75, 3.05) is 0 Å². The van der Waals surface area contributed by atoms with Gasteiger partial charge in [0.25, 0.3) is 0 Å². The van der Waals surface area contributed by atoms with Gasteiger partial charge in [-0.15, -0.1) is 0 Å². The van der Waals surface area contributed by atoms with Gasteiger partial charge in [0.15, 0.2) is 4.67 Å². The van der Waals surface area contributed by atoms with Gasteiger partial charge < -0.3 is 4.42 Å². The van der Waals surface area contributed by atoms with E-state index in [-0.39, 0.29) is 4.83 Å². The summed E-state index contributed by atoms with van der Waals surface area (Å²) in [7, 11) is 0. The van der Waals surface area contributed by atoms with Crippen molar-refractivity contribution in [3.63, 3.8) is 0 Å². The lowest BCUT2D eigenvalue weighted by Crippen LogP contribution is -1.94. The van der Waals surface area contributed by atoms with E-state index >= 15 is 0 Å². The molecular formula is C15H16Br2O. The maximum absolute atomic E-state index is 5.57. The normalized spacial score (nSPS) is 14.4. The molecule has 1 heterocycles. The van der Waals surface area contributed by atoms with E-state index < -0.39 is 0 Å². The molecule has 0 bridgehead atoms. The number of halogens is 2. The van der Waals surface area contributed by atoms with E-state index in [9.17, 15) is 0 Å². The zero-order valence-corrected chi connectivity index (χ0v) is 13.7. The van der Waals surface area contributed by atoms with E-state index in [0.717, 1.165) is 10.4 Å². The standard InChI is InChI=1S/C15H16Br2O/c1-3-10(2)11-4-6-12(7-5-11)15(17)13-8-9-14(16)18-13/h4-10,15H,3H2,1-2H3. The molecule has 96 valence electrons. The van der Waals surface area contributed by atoms with E-state index in [0.29, 0.717) is 5.92 Å². The minimum atomic E-state index is 0.106. The lowest BCUT2D eigenvalue weighted by atomic mass is 9.97. The Hall–Kier alpha value is -0.540. The van der Waals surface area contributed by atoms with Gasteiger partial charge in [-0.1, -0.05) is 54.0 Å². The Morgan fingerprint density at radius 1 is 1.06 bits per heavy atom. The highest BCUT2D eigenvalue weighted by molar-refractivity contribution is 9.10. The Morgan fingerprint density at radius 3 is 2.17 bits per heavy atom. The Kier molecular flexibility index (Phi) is 4.68. The number of rotatable bonds is 4. The monoisotopic (exact) mass is 370 g/mol. The highest BCUT2D eigenvalue weighted by Crippen LogP contribution is 2.33. The van der Waals surface area contributed by atoms with Crippen LogP contribution in [-0.2, 0) is 0 Å². The van der Waals surface area contributed by atoms with Crippen molar-refractivity contribution in [1.82, 2.24) is 0 Å². The third-order valence-corrected chi connectivity index (χ3v) is 4.66. The van der Waals surface area contributed by atoms with Crippen LogP contribution in [0.15, 0.2) is 45.5 Å². The summed E-state index contributed by atoms with van der Waals surface area (Å²) in [5.41, 5.74) is 2.60. The number of benzene rings is 1. The van der Waals surface area contributed by atoms with Gasteiger partial charge >= 0.3 is 0 Å². The van der Waals surface area contributed by atoms with E-state index in [1.807, 2.05) is 12.1 Å². The first-order valence-corrected chi connectivity index (χ1v) is 7.81. The molecule has 3 heteroatoms. The van der Waals surface area contributed by atoms with E-state index in [2.05, 4.69) is 70.0 Å². The minimum Gasteiger partial charge on any atom is -0.453 e. The van der Waals surface area contributed by atoms with Crippen molar-refractivity contribution in [1.29, 1.82) is 0 Å². The van der Waals surface area contributed by atoms with Crippen LogP contribution in [0, 0.1) is 0 Å². The molecule has 0 fully saturated rings. The van der Waals surface area contributed by atoms with Crippen molar-refractivity contribution in [3.05, 3.63) is 58.0 Å². The Balaban J connectivity index is 2.19. The Bertz CT molecular complexity index is 501. The first kappa shape index (κ1) is 13.9. The van der Waals surface area contributed by atoms with Gasteiger partial charge in [0.05, 0.1) is 4.83 Å². The molecule has 1 aromatic carbocycles. The fourth-order valence-electron chi connectivity index (χ4n) is 1.86. The molecule has 0 radical (unpaired) electrons. The summed E-state index contributed by atoms with van der Waals surface area (Å²) < 4.78 is 6.33. The second-order valence-electron chi connectivity index (χ2n) is 4.48. The minimum absolute atomic E-state index is 0.106. The molecule has 1 nitrogen and oxygen atoms in total. The average Bonchev–Trinajstić information content (AvgIpc) is 2.84. The predicted octanol–water partition coefficient (Wildman–Crippen LogP) is 6.04. The van der Waals surface area contributed by atoms with Crippen LogP contribution in [0.1, 0.15) is 47.9 Å². The SMILES string of the molecule is CCC(C)c1ccc(C(Br)c2ccc(Br)o2)cc1. The van der Waals surface area contributed by atoms with Crippen LogP contribution >= 0.6 is 31.9 Å².